The number of amides is 2. The Morgan fingerprint density at radius 3 is 2.21 bits per heavy atom. The molecule has 4 atom stereocenters. The van der Waals surface area contributed by atoms with Gasteiger partial charge in [0, 0.05) is 37.4 Å². The van der Waals surface area contributed by atoms with Gasteiger partial charge >= 0.3 is 18.0 Å². The molecule has 10 nitrogen and oxygen atoms in total. The fraction of sp³-hybridized carbons (Fsp3) is 0.594. The molecular formula is C32H47N3O7S. The SMILES string of the molecule is COC(=O)[C@@H](C)C[C@H](Cc1ccccc1)NC(=O)c1nc([C@@H](C[C@H](C(C)C)N(C)C(=O)OC(C)(C)C)OC(C)=O)sc1C. The van der Waals surface area contributed by atoms with Crippen molar-refractivity contribution in [2.24, 2.45) is 11.8 Å². The molecule has 0 bridgehead atoms. The first-order valence-corrected chi connectivity index (χ1v) is 15.4. The minimum absolute atomic E-state index is 0.00921. The quantitative estimate of drug-likeness (QED) is 0.218. The van der Waals surface area contributed by atoms with Crippen LogP contribution in [0.25, 0.3) is 0 Å². The van der Waals surface area contributed by atoms with E-state index in [-0.39, 0.29) is 42.0 Å². The molecule has 0 aliphatic rings. The molecule has 0 unspecified atom stereocenters. The Bertz CT molecular complexity index is 1240. The van der Waals surface area contributed by atoms with Crippen molar-refractivity contribution in [1.29, 1.82) is 0 Å². The van der Waals surface area contributed by atoms with E-state index in [1.165, 1.54) is 30.3 Å². The van der Waals surface area contributed by atoms with Gasteiger partial charge in [0.05, 0.1) is 13.0 Å². The summed E-state index contributed by atoms with van der Waals surface area (Å²) in [5.74, 6) is -1.64. The Hall–Kier alpha value is -3.47. The second-order valence-corrected chi connectivity index (χ2v) is 13.4. The number of methoxy groups -OCH3 is 1. The minimum Gasteiger partial charge on any atom is -0.469 e. The van der Waals surface area contributed by atoms with E-state index in [0.717, 1.165) is 5.56 Å². The van der Waals surface area contributed by atoms with E-state index in [9.17, 15) is 19.2 Å². The zero-order valence-corrected chi connectivity index (χ0v) is 27.9. The molecule has 0 radical (unpaired) electrons. The number of aryl methyl sites for hydroxylation is 1. The van der Waals surface area contributed by atoms with Gasteiger partial charge in [-0.3, -0.25) is 14.4 Å². The summed E-state index contributed by atoms with van der Waals surface area (Å²) in [6, 6.07) is 9.02. The molecule has 238 valence electrons. The first-order chi connectivity index (χ1) is 20.0. The maximum atomic E-state index is 13.5. The molecule has 2 rings (SSSR count). The maximum absolute atomic E-state index is 13.5. The zero-order valence-electron chi connectivity index (χ0n) is 27.1. The van der Waals surface area contributed by atoms with Gasteiger partial charge in [-0.2, -0.15) is 0 Å². The fourth-order valence-electron chi connectivity index (χ4n) is 4.80. The van der Waals surface area contributed by atoms with Crippen molar-refractivity contribution in [1.82, 2.24) is 15.2 Å². The highest BCUT2D eigenvalue weighted by atomic mass is 32.1. The topological polar surface area (TPSA) is 124 Å². The first kappa shape index (κ1) is 35.7. The summed E-state index contributed by atoms with van der Waals surface area (Å²) in [4.78, 5) is 57.5. The lowest BCUT2D eigenvalue weighted by molar-refractivity contribution is -0.148. The number of hydrogen-bond acceptors (Lipinski definition) is 9. The van der Waals surface area contributed by atoms with Gasteiger partial charge in [-0.1, -0.05) is 51.1 Å². The van der Waals surface area contributed by atoms with E-state index < -0.39 is 29.7 Å². The maximum Gasteiger partial charge on any atom is 0.410 e. The number of esters is 2. The number of ether oxygens (including phenoxy) is 3. The van der Waals surface area contributed by atoms with Gasteiger partial charge < -0.3 is 24.4 Å². The number of benzene rings is 1. The Morgan fingerprint density at radius 1 is 1.05 bits per heavy atom. The highest BCUT2D eigenvalue weighted by molar-refractivity contribution is 7.12. The van der Waals surface area contributed by atoms with Gasteiger partial charge in [0.1, 0.15) is 16.3 Å². The number of carbonyl (C=O) groups is 4. The van der Waals surface area contributed by atoms with Gasteiger partial charge in [0.2, 0.25) is 0 Å². The predicted molar refractivity (Wildman–Crippen MR) is 166 cm³/mol. The van der Waals surface area contributed by atoms with E-state index in [4.69, 9.17) is 14.2 Å². The summed E-state index contributed by atoms with van der Waals surface area (Å²) in [7, 11) is 3.01. The van der Waals surface area contributed by atoms with E-state index in [0.29, 0.717) is 22.7 Å². The number of aromatic nitrogens is 1. The molecule has 43 heavy (non-hydrogen) atoms. The predicted octanol–water partition coefficient (Wildman–Crippen LogP) is 5.88. The molecule has 0 spiro atoms. The number of carbonyl (C=O) groups excluding carboxylic acids is 4. The van der Waals surface area contributed by atoms with E-state index in [1.54, 1.807) is 41.7 Å². The number of hydrogen-bond donors (Lipinski definition) is 1. The van der Waals surface area contributed by atoms with Crippen LogP contribution in [0, 0.1) is 18.8 Å². The van der Waals surface area contributed by atoms with Crippen LogP contribution in [0.2, 0.25) is 0 Å². The number of thiazole rings is 1. The largest absolute Gasteiger partial charge is 0.469 e. The van der Waals surface area contributed by atoms with Crippen molar-refractivity contribution >= 4 is 35.3 Å². The van der Waals surface area contributed by atoms with Gasteiger partial charge in [0.25, 0.3) is 5.91 Å². The second kappa shape index (κ2) is 15.8. The third kappa shape index (κ3) is 11.3. The number of nitrogens with zero attached hydrogens (tertiary/aromatic N) is 2. The van der Waals surface area contributed by atoms with Crippen molar-refractivity contribution in [2.75, 3.05) is 14.2 Å². The smallest absolute Gasteiger partial charge is 0.410 e. The zero-order chi connectivity index (χ0) is 32.5. The van der Waals surface area contributed by atoms with Gasteiger partial charge in [-0.25, -0.2) is 9.78 Å². The molecule has 0 saturated heterocycles. The molecule has 0 aliphatic heterocycles. The minimum atomic E-state index is -0.778. The fourth-order valence-corrected chi connectivity index (χ4v) is 5.76. The Balaban J connectivity index is 2.33. The van der Waals surface area contributed by atoms with Crippen LogP contribution in [0.5, 0.6) is 0 Å². The van der Waals surface area contributed by atoms with Crippen LogP contribution in [0.4, 0.5) is 4.79 Å². The van der Waals surface area contributed by atoms with Crippen molar-refractivity contribution in [3.63, 3.8) is 0 Å². The summed E-state index contributed by atoms with van der Waals surface area (Å²) < 4.78 is 16.2. The van der Waals surface area contributed by atoms with Crippen LogP contribution >= 0.6 is 11.3 Å². The van der Waals surface area contributed by atoms with Crippen molar-refractivity contribution < 1.29 is 33.4 Å². The van der Waals surface area contributed by atoms with Crippen LogP contribution < -0.4 is 5.32 Å². The van der Waals surface area contributed by atoms with E-state index in [2.05, 4.69) is 10.3 Å². The Kier molecular flexibility index (Phi) is 13.2. The van der Waals surface area contributed by atoms with Crippen LogP contribution in [0.15, 0.2) is 30.3 Å². The normalized spacial score (nSPS) is 14.3. The van der Waals surface area contributed by atoms with E-state index >= 15 is 0 Å². The van der Waals surface area contributed by atoms with Crippen LogP contribution in [-0.2, 0) is 30.2 Å². The average molecular weight is 618 g/mol. The van der Waals surface area contributed by atoms with Crippen molar-refractivity contribution in [2.45, 2.75) is 98.4 Å². The first-order valence-electron chi connectivity index (χ1n) is 14.5. The standard InChI is InChI=1S/C32H47N3O7S/c1-19(2)25(35(9)31(39)42-32(6,7)8)18-26(41-22(5)36)29-34-27(21(4)43-29)28(37)33-24(16-20(3)30(38)40-10)17-23-14-12-11-13-15-23/h11-15,19-20,24-26H,16-18H2,1-10H3,(H,33,37)/t20-,24+,25+,26+/m0/s1. The molecule has 1 heterocycles. The molecule has 0 fully saturated rings. The van der Waals surface area contributed by atoms with Crippen LogP contribution in [0.3, 0.4) is 0 Å². The molecule has 2 aromatic rings. The summed E-state index contributed by atoms with van der Waals surface area (Å²) in [6.07, 6.45) is -0.0817. The molecule has 2 amide bonds. The van der Waals surface area contributed by atoms with Gasteiger partial charge in [-0.15, -0.1) is 11.3 Å². The van der Waals surface area contributed by atoms with Crippen LogP contribution in [-0.4, -0.2) is 65.7 Å². The molecule has 0 saturated carbocycles. The second-order valence-electron chi connectivity index (χ2n) is 12.2. The van der Waals surface area contributed by atoms with Gasteiger partial charge in [-0.05, 0) is 52.0 Å². The third-order valence-corrected chi connectivity index (χ3v) is 7.98. The average Bonchev–Trinajstić information content (AvgIpc) is 3.30. The van der Waals surface area contributed by atoms with E-state index in [1.807, 2.05) is 44.2 Å². The molecule has 1 aromatic carbocycles. The highest BCUT2D eigenvalue weighted by Crippen LogP contribution is 2.33. The van der Waals surface area contributed by atoms with Crippen LogP contribution in [0.1, 0.15) is 93.3 Å². The highest BCUT2D eigenvalue weighted by Gasteiger charge is 2.33. The Labute approximate surface area is 259 Å². The lowest BCUT2D eigenvalue weighted by Gasteiger charge is -2.34. The summed E-state index contributed by atoms with van der Waals surface area (Å²) in [5.41, 5.74) is 0.580. The van der Waals surface area contributed by atoms with Gasteiger partial charge in [0.15, 0.2) is 6.10 Å². The molecule has 0 aliphatic carbocycles. The summed E-state index contributed by atoms with van der Waals surface area (Å²) in [5, 5.41) is 3.52. The van der Waals surface area contributed by atoms with Crippen molar-refractivity contribution in [3.8, 4) is 0 Å². The monoisotopic (exact) mass is 617 g/mol. The lowest BCUT2D eigenvalue weighted by atomic mass is 9.96. The number of rotatable bonds is 13. The molecular weight excluding hydrogens is 570 g/mol. The summed E-state index contributed by atoms with van der Waals surface area (Å²) >= 11 is 1.27. The van der Waals surface area contributed by atoms with Crippen molar-refractivity contribution in [3.05, 3.63) is 51.5 Å². The lowest BCUT2D eigenvalue weighted by Crippen LogP contribution is -2.44. The molecule has 1 aromatic heterocycles. The number of nitrogens with one attached hydrogen (secondary N) is 1. The molecule has 11 heteroatoms. The Morgan fingerprint density at radius 2 is 1.67 bits per heavy atom. The summed E-state index contributed by atoms with van der Waals surface area (Å²) in [6.45, 7) is 14.2. The third-order valence-electron chi connectivity index (χ3n) is 6.92. The molecule has 1 N–H and O–H groups in total.